The minimum Gasteiger partial charge on any atom is -0.465 e. The van der Waals surface area contributed by atoms with Crippen LogP contribution in [0.1, 0.15) is 27.2 Å². The predicted octanol–water partition coefficient (Wildman–Crippen LogP) is 0.987. The summed E-state index contributed by atoms with van der Waals surface area (Å²) in [6.07, 6.45) is 0.567. The van der Waals surface area contributed by atoms with E-state index >= 15 is 0 Å². The molecule has 0 amide bonds. The highest BCUT2D eigenvalue weighted by Crippen LogP contribution is 2.12. The van der Waals surface area contributed by atoms with Crippen molar-refractivity contribution in [1.82, 2.24) is 5.32 Å². The molecule has 0 heterocycles. The van der Waals surface area contributed by atoms with Crippen molar-refractivity contribution in [3.8, 4) is 0 Å². The third-order valence-electron chi connectivity index (χ3n) is 2.84. The summed E-state index contributed by atoms with van der Waals surface area (Å²) in [5, 5.41) is 3.16. The van der Waals surface area contributed by atoms with Gasteiger partial charge in [0.25, 0.3) is 0 Å². The van der Waals surface area contributed by atoms with Crippen LogP contribution < -0.4 is 5.32 Å². The van der Waals surface area contributed by atoms with Crippen molar-refractivity contribution in [2.45, 2.75) is 32.7 Å². The minimum atomic E-state index is -0.693. The van der Waals surface area contributed by atoms with Gasteiger partial charge in [0.05, 0.1) is 33.0 Å². The van der Waals surface area contributed by atoms with E-state index in [4.69, 9.17) is 18.9 Å². The van der Waals surface area contributed by atoms with E-state index in [1.54, 1.807) is 14.0 Å². The Kier molecular flexibility index (Phi) is 11.7. The van der Waals surface area contributed by atoms with Crippen LogP contribution in [0.25, 0.3) is 0 Å². The van der Waals surface area contributed by atoms with Crippen LogP contribution >= 0.6 is 0 Å². The molecule has 0 aliphatic heterocycles. The molecule has 0 aromatic carbocycles. The van der Waals surface area contributed by atoms with Gasteiger partial charge in [-0.25, -0.2) is 0 Å². The number of hydrogen-bond donors (Lipinski definition) is 1. The number of esters is 1. The van der Waals surface area contributed by atoms with Crippen LogP contribution in [0, 0.1) is 0 Å². The molecule has 20 heavy (non-hydrogen) atoms. The van der Waals surface area contributed by atoms with Crippen LogP contribution in [0.15, 0.2) is 0 Å². The fourth-order valence-corrected chi connectivity index (χ4v) is 1.68. The molecule has 1 N–H and O–H groups in total. The van der Waals surface area contributed by atoms with Gasteiger partial charge in [-0.05, 0) is 26.8 Å². The van der Waals surface area contributed by atoms with Crippen LogP contribution in [0.5, 0.6) is 0 Å². The monoisotopic (exact) mass is 291 g/mol. The fourth-order valence-electron chi connectivity index (χ4n) is 1.68. The van der Waals surface area contributed by atoms with Gasteiger partial charge in [0.2, 0.25) is 0 Å². The van der Waals surface area contributed by atoms with Gasteiger partial charge in [0.1, 0.15) is 5.54 Å². The highest BCUT2D eigenvalue weighted by molar-refractivity contribution is 5.80. The number of rotatable bonds is 13. The van der Waals surface area contributed by atoms with Gasteiger partial charge in [-0.1, -0.05) is 6.92 Å². The average Bonchev–Trinajstić information content (AvgIpc) is 2.42. The molecule has 120 valence electrons. The molecule has 0 saturated carbocycles. The first-order chi connectivity index (χ1) is 9.60. The summed E-state index contributed by atoms with van der Waals surface area (Å²) in [4.78, 5) is 11.9. The van der Waals surface area contributed by atoms with E-state index in [9.17, 15) is 4.79 Å². The maximum absolute atomic E-state index is 11.9. The van der Waals surface area contributed by atoms with E-state index in [1.807, 2.05) is 13.8 Å². The zero-order chi connectivity index (χ0) is 15.3. The lowest BCUT2D eigenvalue weighted by Crippen LogP contribution is -2.51. The second kappa shape index (κ2) is 12.1. The van der Waals surface area contributed by atoms with Gasteiger partial charge in [0, 0.05) is 13.7 Å². The number of likely N-dealkylation sites (N-methyl/N-ethyl adjacent to an activating group) is 1. The summed E-state index contributed by atoms with van der Waals surface area (Å²) >= 11 is 0. The van der Waals surface area contributed by atoms with Crippen molar-refractivity contribution in [2.24, 2.45) is 0 Å². The summed E-state index contributed by atoms with van der Waals surface area (Å²) < 4.78 is 20.7. The number of carbonyl (C=O) groups excluding carboxylic acids is 1. The minimum absolute atomic E-state index is 0.234. The standard InChI is InChI=1S/C14H29NO5/c1-5-15-14(3,13(16)20-6-2)7-8-18-11-12-19-10-9-17-4/h15H,5-12H2,1-4H3. The maximum Gasteiger partial charge on any atom is 0.326 e. The third kappa shape index (κ3) is 8.47. The highest BCUT2D eigenvalue weighted by Gasteiger charge is 2.33. The highest BCUT2D eigenvalue weighted by atomic mass is 16.5. The number of carbonyl (C=O) groups is 1. The smallest absolute Gasteiger partial charge is 0.326 e. The first kappa shape index (κ1) is 19.3. The molecule has 0 spiro atoms. The topological polar surface area (TPSA) is 66.0 Å². The SMILES string of the molecule is CCNC(C)(CCOCCOCCOC)C(=O)OCC. The molecular formula is C14H29NO5. The van der Waals surface area contributed by atoms with E-state index in [0.717, 1.165) is 0 Å². The van der Waals surface area contributed by atoms with Crippen molar-refractivity contribution < 1.29 is 23.7 Å². The van der Waals surface area contributed by atoms with Crippen LogP contribution in [0.4, 0.5) is 0 Å². The average molecular weight is 291 g/mol. The van der Waals surface area contributed by atoms with Crippen molar-refractivity contribution >= 4 is 5.97 Å². The second-order valence-corrected chi connectivity index (χ2v) is 4.55. The Balaban J connectivity index is 3.83. The summed E-state index contributed by atoms with van der Waals surface area (Å²) in [6, 6.07) is 0. The summed E-state index contributed by atoms with van der Waals surface area (Å²) in [6.45, 7) is 9.36. The molecule has 0 radical (unpaired) electrons. The lowest BCUT2D eigenvalue weighted by Gasteiger charge is -2.27. The number of nitrogens with one attached hydrogen (secondary N) is 1. The molecule has 0 aliphatic rings. The predicted molar refractivity (Wildman–Crippen MR) is 76.8 cm³/mol. The molecule has 0 aliphatic carbocycles. The quantitative estimate of drug-likeness (QED) is 0.403. The number of methoxy groups -OCH3 is 1. The van der Waals surface area contributed by atoms with Gasteiger partial charge in [-0.3, -0.25) is 4.79 Å². The molecular weight excluding hydrogens is 262 g/mol. The Labute approximate surface area is 122 Å². The van der Waals surface area contributed by atoms with Crippen molar-refractivity contribution in [3.05, 3.63) is 0 Å². The van der Waals surface area contributed by atoms with Gasteiger partial charge < -0.3 is 24.3 Å². The molecule has 0 saturated heterocycles. The van der Waals surface area contributed by atoms with E-state index < -0.39 is 5.54 Å². The van der Waals surface area contributed by atoms with E-state index in [0.29, 0.717) is 52.6 Å². The van der Waals surface area contributed by atoms with Crippen LogP contribution in [0.2, 0.25) is 0 Å². The normalized spacial score (nSPS) is 14.0. The lowest BCUT2D eigenvalue weighted by atomic mass is 9.98. The fraction of sp³-hybridized carbons (Fsp3) is 0.929. The molecule has 1 unspecified atom stereocenters. The van der Waals surface area contributed by atoms with Gasteiger partial charge >= 0.3 is 5.97 Å². The molecule has 0 bridgehead atoms. The first-order valence-electron chi connectivity index (χ1n) is 7.17. The molecule has 0 aromatic heterocycles. The van der Waals surface area contributed by atoms with Crippen LogP contribution in [-0.4, -0.2) is 64.8 Å². The Morgan fingerprint density at radius 2 is 1.65 bits per heavy atom. The zero-order valence-corrected chi connectivity index (χ0v) is 13.2. The zero-order valence-electron chi connectivity index (χ0n) is 13.2. The maximum atomic E-state index is 11.9. The van der Waals surface area contributed by atoms with Crippen molar-refractivity contribution in [3.63, 3.8) is 0 Å². The van der Waals surface area contributed by atoms with E-state index in [2.05, 4.69) is 5.32 Å². The second-order valence-electron chi connectivity index (χ2n) is 4.55. The first-order valence-corrected chi connectivity index (χ1v) is 7.17. The van der Waals surface area contributed by atoms with Crippen LogP contribution in [-0.2, 0) is 23.7 Å². The summed E-state index contributed by atoms with van der Waals surface area (Å²) in [5.74, 6) is -0.234. The molecule has 6 heteroatoms. The molecule has 1 atom stereocenters. The Morgan fingerprint density at radius 3 is 2.20 bits per heavy atom. The van der Waals surface area contributed by atoms with Crippen molar-refractivity contribution in [2.75, 3.05) is 53.3 Å². The van der Waals surface area contributed by atoms with Crippen molar-refractivity contribution in [1.29, 1.82) is 0 Å². The molecule has 0 aromatic rings. The van der Waals surface area contributed by atoms with Gasteiger partial charge in [-0.15, -0.1) is 0 Å². The Bertz CT molecular complexity index is 250. The number of hydrogen-bond acceptors (Lipinski definition) is 6. The van der Waals surface area contributed by atoms with E-state index in [1.165, 1.54) is 0 Å². The van der Waals surface area contributed by atoms with Crippen LogP contribution in [0.3, 0.4) is 0 Å². The van der Waals surface area contributed by atoms with E-state index in [-0.39, 0.29) is 5.97 Å². The molecule has 0 fully saturated rings. The Hall–Kier alpha value is -0.690. The molecule has 0 rings (SSSR count). The Morgan fingerprint density at radius 1 is 1.05 bits per heavy atom. The summed E-state index contributed by atoms with van der Waals surface area (Å²) in [5.41, 5.74) is -0.693. The van der Waals surface area contributed by atoms with Gasteiger partial charge in [-0.2, -0.15) is 0 Å². The lowest BCUT2D eigenvalue weighted by molar-refractivity contribution is -0.151. The third-order valence-corrected chi connectivity index (χ3v) is 2.84. The van der Waals surface area contributed by atoms with Gasteiger partial charge in [0.15, 0.2) is 0 Å². The molecule has 6 nitrogen and oxygen atoms in total. The summed E-state index contributed by atoms with van der Waals surface area (Å²) in [7, 11) is 1.64. The largest absolute Gasteiger partial charge is 0.465 e. The number of ether oxygens (including phenoxy) is 4.